The van der Waals surface area contributed by atoms with Crippen molar-refractivity contribution >= 4 is 0 Å². The molecule has 1 atom stereocenters. The van der Waals surface area contributed by atoms with E-state index in [4.69, 9.17) is 9.84 Å². The number of benzene rings is 1. The predicted octanol–water partition coefficient (Wildman–Crippen LogP) is 2.62. The van der Waals surface area contributed by atoms with Crippen LogP contribution in [-0.4, -0.2) is 17.8 Å². The number of ether oxygens (including phenoxy) is 1. The molecule has 0 saturated carbocycles. The molecule has 2 nitrogen and oxygen atoms in total. The monoisotopic (exact) mass is 194 g/mol. The number of aliphatic hydroxyl groups is 1. The van der Waals surface area contributed by atoms with Gasteiger partial charge in [-0.3, -0.25) is 0 Å². The maximum Gasteiger partial charge on any atom is 0.122 e. The van der Waals surface area contributed by atoms with Gasteiger partial charge in [-0.05, 0) is 25.0 Å². The Hall–Kier alpha value is -1.02. The molecule has 0 spiro atoms. The molecule has 0 aliphatic carbocycles. The minimum Gasteiger partial charge on any atom is -0.488 e. The highest BCUT2D eigenvalue weighted by molar-refractivity contribution is 5.21. The van der Waals surface area contributed by atoms with Crippen molar-refractivity contribution in [1.29, 1.82) is 0 Å². The van der Waals surface area contributed by atoms with Gasteiger partial charge in [-0.2, -0.15) is 0 Å². The molecule has 1 unspecified atom stereocenters. The second-order valence-corrected chi connectivity index (χ2v) is 3.38. The Morgan fingerprint density at radius 2 is 2.00 bits per heavy atom. The number of unbranched alkanes of at least 4 members (excludes halogenated alkanes) is 1. The van der Waals surface area contributed by atoms with Gasteiger partial charge < -0.3 is 9.84 Å². The average Bonchev–Trinajstić information content (AvgIpc) is 2.25. The van der Waals surface area contributed by atoms with Gasteiger partial charge in [-0.15, -0.1) is 0 Å². The van der Waals surface area contributed by atoms with Gasteiger partial charge in [0.2, 0.25) is 0 Å². The van der Waals surface area contributed by atoms with E-state index >= 15 is 0 Å². The summed E-state index contributed by atoms with van der Waals surface area (Å²) in [6, 6.07) is 9.64. The van der Waals surface area contributed by atoms with Crippen LogP contribution < -0.4 is 4.74 Å². The molecular weight excluding hydrogens is 176 g/mol. The molecule has 0 bridgehead atoms. The lowest BCUT2D eigenvalue weighted by atomic mass is 10.2. The maximum atomic E-state index is 9.09. The summed E-state index contributed by atoms with van der Waals surface area (Å²) in [5, 5.41) is 9.09. The lowest BCUT2D eigenvalue weighted by molar-refractivity contribution is 0.107. The van der Waals surface area contributed by atoms with Crippen molar-refractivity contribution in [2.75, 3.05) is 6.61 Å². The fourth-order valence-electron chi connectivity index (χ4n) is 1.31. The summed E-state index contributed by atoms with van der Waals surface area (Å²) in [5.74, 6) is 0.836. The molecular formula is C12H18O2. The van der Waals surface area contributed by atoms with Crippen LogP contribution in [0.25, 0.3) is 0 Å². The maximum absolute atomic E-state index is 9.09. The molecule has 1 rings (SSSR count). The molecule has 1 aromatic rings. The van der Waals surface area contributed by atoms with E-state index in [2.05, 4.69) is 6.92 Å². The van der Waals surface area contributed by atoms with Gasteiger partial charge in [0.15, 0.2) is 0 Å². The summed E-state index contributed by atoms with van der Waals surface area (Å²) in [6.07, 6.45) is 3.09. The van der Waals surface area contributed by atoms with E-state index in [-0.39, 0.29) is 12.7 Å². The van der Waals surface area contributed by atoms with Gasteiger partial charge >= 0.3 is 0 Å². The van der Waals surface area contributed by atoms with Crippen LogP contribution >= 0.6 is 0 Å². The molecule has 0 fully saturated rings. The van der Waals surface area contributed by atoms with Gasteiger partial charge in [0.1, 0.15) is 11.9 Å². The minimum absolute atomic E-state index is 0.0580. The lowest BCUT2D eigenvalue weighted by Crippen LogP contribution is -2.20. The van der Waals surface area contributed by atoms with Crippen molar-refractivity contribution in [2.45, 2.75) is 32.3 Å². The van der Waals surface area contributed by atoms with Gasteiger partial charge in [0.05, 0.1) is 6.61 Å². The summed E-state index contributed by atoms with van der Waals surface area (Å²) in [5.41, 5.74) is 0. The average molecular weight is 194 g/mol. The van der Waals surface area contributed by atoms with Crippen molar-refractivity contribution in [3.63, 3.8) is 0 Å². The van der Waals surface area contributed by atoms with E-state index < -0.39 is 0 Å². The van der Waals surface area contributed by atoms with Crippen LogP contribution in [-0.2, 0) is 0 Å². The lowest BCUT2D eigenvalue weighted by Gasteiger charge is -2.16. The summed E-state index contributed by atoms with van der Waals surface area (Å²) >= 11 is 0. The third-order valence-electron chi connectivity index (χ3n) is 2.13. The van der Waals surface area contributed by atoms with Gasteiger partial charge in [0.25, 0.3) is 0 Å². The Morgan fingerprint density at radius 3 is 2.57 bits per heavy atom. The Morgan fingerprint density at radius 1 is 1.29 bits per heavy atom. The third kappa shape index (κ3) is 3.79. The van der Waals surface area contributed by atoms with Crippen molar-refractivity contribution in [2.24, 2.45) is 0 Å². The molecule has 0 aromatic heterocycles. The SMILES string of the molecule is CCCCC(CO)Oc1ccccc1. The third-order valence-corrected chi connectivity index (χ3v) is 2.13. The van der Waals surface area contributed by atoms with Crippen LogP contribution in [0.15, 0.2) is 30.3 Å². The molecule has 0 aliphatic rings. The first-order chi connectivity index (χ1) is 6.86. The molecule has 0 saturated heterocycles. The van der Waals surface area contributed by atoms with Gasteiger partial charge in [-0.25, -0.2) is 0 Å². The predicted molar refractivity (Wildman–Crippen MR) is 57.5 cm³/mol. The molecule has 1 N–H and O–H groups in total. The van der Waals surface area contributed by atoms with E-state index in [1.165, 1.54) is 0 Å². The molecule has 14 heavy (non-hydrogen) atoms. The highest BCUT2D eigenvalue weighted by Crippen LogP contribution is 2.13. The first-order valence-corrected chi connectivity index (χ1v) is 5.19. The summed E-state index contributed by atoms with van der Waals surface area (Å²) in [7, 11) is 0. The molecule has 1 aromatic carbocycles. The van der Waals surface area contributed by atoms with Crippen LogP contribution in [0.1, 0.15) is 26.2 Å². The first-order valence-electron chi connectivity index (χ1n) is 5.19. The topological polar surface area (TPSA) is 29.5 Å². The largest absolute Gasteiger partial charge is 0.488 e. The first kappa shape index (κ1) is 11.1. The second-order valence-electron chi connectivity index (χ2n) is 3.38. The summed E-state index contributed by atoms with van der Waals surface area (Å²) in [6.45, 7) is 2.23. The molecule has 0 aliphatic heterocycles. The molecule has 2 heteroatoms. The van der Waals surface area contributed by atoms with Crippen molar-refractivity contribution in [1.82, 2.24) is 0 Å². The fraction of sp³-hybridized carbons (Fsp3) is 0.500. The molecule has 0 radical (unpaired) electrons. The highest BCUT2D eigenvalue weighted by Gasteiger charge is 2.07. The number of para-hydroxylation sites is 1. The van der Waals surface area contributed by atoms with Gasteiger partial charge in [-0.1, -0.05) is 31.5 Å². The van der Waals surface area contributed by atoms with Crippen LogP contribution in [0, 0.1) is 0 Å². The normalized spacial score (nSPS) is 12.4. The van der Waals surface area contributed by atoms with E-state index in [1.54, 1.807) is 0 Å². The Kier molecular flexibility index (Phi) is 5.08. The van der Waals surface area contributed by atoms with Crippen LogP contribution in [0.2, 0.25) is 0 Å². The smallest absolute Gasteiger partial charge is 0.122 e. The Bertz CT molecular complexity index is 233. The number of hydrogen-bond acceptors (Lipinski definition) is 2. The molecule has 0 heterocycles. The van der Waals surface area contributed by atoms with Crippen molar-refractivity contribution in [3.8, 4) is 5.75 Å². The standard InChI is InChI=1S/C12H18O2/c1-2-3-7-12(10-13)14-11-8-5-4-6-9-11/h4-6,8-9,12-13H,2-3,7,10H2,1H3. The van der Waals surface area contributed by atoms with Crippen LogP contribution in [0.4, 0.5) is 0 Å². The number of rotatable bonds is 6. The molecule has 0 amide bonds. The highest BCUT2D eigenvalue weighted by atomic mass is 16.5. The zero-order chi connectivity index (χ0) is 10.2. The van der Waals surface area contributed by atoms with E-state index in [9.17, 15) is 0 Å². The van der Waals surface area contributed by atoms with Crippen molar-refractivity contribution in [3.05, 3.63) is 30.3 Å². The Balaban J connectivity index is 2.40. The zero-order valence-corrected chi connectivity index (χ0v) is 8.65. The van der Waals surface area contributed by atoms with Crippen LogP contribution in [0.5, 0.6) is 5.75 Å². The number of hydrogen-bond donors (Lipinski definition) is 1. The van der Waals surface area contributed by atoms with Crippen molar-refractivity contribution < 1.29 is 9.84 Å². The quantitative estimate of drug-likeness (QED) is 0.754. The van der Waals surface area contributed by atoms with E-state index in [0.29, 0.717) is 0 Å². The zero-order valence-electron chi connectivity index (χ0n) is 8.65. The van der Waals surface area contributed by atoms with Crippen LogP contribution in [0.3, 0.4) is 0 Å². The summed E-state index contributed by atoms with van der Waals surface area (Å²) < 4.78 is 5.62. The molecule has 78 valence electrons. The Labute approximate surface area is 85.5 Å². The number of aliphatic hydroxyl groups excluding tert-OH is 1. The van der Waals surface area contributed by atoms with E-state index in [1.807, 2.05) is 30.3 Å². The second kappa shape index (κ2) is 6.44. The van der Waals surface area contributed by atoms with E-state index in [0.717, 1.165) is 25.0 Å². The fourth-order valence-corrected chi connectivity index (χ4v) is 1.31. The van der Waals surface area contributed by atoms with Gasteiger partial charge in [0, 0.05) is 0 Å². The minimum atomic E-state index is -0.0580. The summed E-state index contributed by atoms with van der Waals surface area (Å²) in [4.78, 5) is 0.